The van der Waals surface area contributed by atoms with E-state index in [1.165, 1.54) is 11.0 Å². The molecule has 2 amide bonds. The molecule has 0 aromatic heterocycles. The zero-order chi connectivity index (χ0) is 27.2. The van der Waals surface area contributed by atoms with Gasteiger partial charge in [0.1, 0.15) is 25.8 Å². The summed E-state index contributed by atoms with van der Waals surface area (Å²) in [6.45, 7) is 6.49. The van der Waals surface area contributed by atoms with Crippen LogP contribution in [0.25, 0.3) is 0 Å². The van der Waals surface area contributed by atoms with E-state index in [-0.39, 0.29) is 24.1 Å². The Labute approximate surface area is 223 Å². The van der Waals surface area contributed by atoms with Crippen molar-refractivity contribution >= 4 is 39.1 Å². The average molecular weight is 552 g/mol. The number of amides is 2. The summed E-state index contributed by atoms with van der Waals surface area (Å²) < 4.78 is 37.7. The SMILES string of the molecule is CC[C@H](C(=O)NCC(C)C)N(Cc1ccccc1Cl)C(=O)CN(c1ccc2c(c1)OCCO2)S(C)(=O)=O. The van der Waals surface area contributed by atoms with Crippen molar-refractivity contribution in [1.29, 1.82) is 0 Å². The maximum atomic E-state index is 13.8. The van der Waals surface area contributed by atoms with E-state index in [0.29, 0.717) is 48.3 Å². The van der Waals surface area contributed by atoms with Crippen molar-refractivity contribution in [3.05, 3.63) is 53.1 Å². The van der Waals surface area contributed by atoms with Crippen LogP contribution in [0.3, 0.4) is 0 Å². The van der Waals surface area contributed by atoms with Crippen LogP contribution in [0, 0.1) is 5.92 Å². The second kappa shape index (κ2) is 12.5. The number of nitrogens with zero attached hydrogens (tertiary/aromatic N) is 2. The van der Waals surface area contributed by atoms with E-state index in [2.05, 4.69) is 5.32 Å². The number of fused-ring (bicyclic) bond motifs is 1. The van der Waals surface area contributed by atoms with Crippen LogP contribution in [0.2, 0.25) is 5.02 Å². The Balaban J connectivity index is 1.95. The van der Waals surface area contributed by atoms with Crippen LogP contribution in [-0.2, 0) is 26.2 Å². The van der Waals surface area contributed by atoms with Crippen LogP contribution in [0.5, 0.6) is 11.5 Å². The van der Waals surface area contributed by atoms with E-state index in [0.717, 1.165) is 10.6 Å². The predicted octanol–water partition coefficient (Wildman–Crippen LogP) is 3.46. The summed E-state index contributed by atoms with van der Waals surface area (Å²) >= 11 is 6.37. The summed E-state index contributed by atoms with van der Waals surface area (Å²) in [5.41, 5.74) is 0.910. The van der Waals surface area contributed by atoms with Gasteiger partial charge >= 0.3 is 0 Å². The highest BCUT2D eigenvalue weighted by molar-refractivity contribution is 7.92. The molecular formula is C26H34ClN3O6S. The summed E-state index contributed by atoms with van der Waals surface area (Å²) in [5.74, 6) is 0.291. The number of carbonyl (C=O) groups is 2. The zero-order valence-corrected chi connectivity index (χ0v) is 23.1. The lowest BCUT2D eigenvalue weighted by molar-refractivity contribution is -0.140. The fourth-order valence-electron chi connectivity index (χ4n) is 3.95. The molecule has 0 spiro atoms. The van der Waals surface area contributed by atoms with Crippen molar-refractivity contribution < 1.29 is 27.5 Å². The number of sulfonamides is 1. The van der Waals surface area contributed by atoms with Gasteiger partial charge < -0.3 is 19.7 Å². The highest BCUT2D eigenvalue weighted by Gasteiger charge is 2.32. The second-order valence-corrected chi connectivity index (χ2v) is 11.6. The molecule has 0 unspecified atom stereocenters. The van der Waals surface area contributed by atoms with E-state index in [1.807, 2.05) is 20.8 Å². The normalized spacial score (nSPS) is 13.7. The molecule has 0 saturated heterocycles. The highest BCUT2D eigenvalue weighted by Crippen LogP contribution is 2.34. The number of nitrogens with one attached hydrogen (secondary N) is 1. The monoisotopic (exact) mass is 551 g/mol. The maximum Gasteiger partial charge on any atom is 0.244 e. The standard InChI is InChI=1S/C26H34ClN3O6S/c1-5-22(26(32)28-15-18(2)3)29(16-19-8-6-7-9-21(19)27)25(31)17-30(37(4,33)34)20-10-11-23-24(14-20)36-13-12-35-23/h6-11,14,18,22H,5,12-13,15-17H2,1-4H3,(H,28,32)/t22-/m1/s1. The quantitative estimate of drug-likeness (QED) is 0.458. The lowest BCUT2D eigenvalue weighted by Gasteiger charge is -2.33. The van der Waals surface area contributed by atoms with Crippen molar-refractivity contribution in [2.45, 2.75) is 39.8 Å². The molecule has 0 bridgehead atoms. The number of carbonyl (C=O) groups excluding carboxylic acids is 2. The van der Waals surface area contributed by atoms with Crippen molar-refractivity contribution in [3.8, 4) is 11.5 Å². The molecule has 0 radical (unpaired) electrons. The van der Waals surface area contributed by atoms with Gasteiger partial charge in [-0.05, 0) is 36.1 Å². The van der Waals surface area contributed by atoms with Gasteiger partial charge in [0.15, 0.2) is 11.5 Å². The van der Waals surface area contributed by atoms with Gasteiger partial charge in [0, 0.05) is 24.2 Å². The third-order valence-corrected chi connectivity index (χ3v) is 7.37. The molecule has 202 valence electrons. The van der Waals surface area contributed by atoms with E-state index in [4.69, 9.17) is 21.1 Å². The predicted molar refractivity (Wildman–Crippen MR) is 144 cm³/mol. The van der Waals surface area contributed by atoms with Crippen LogP contribution in [0.15, 0.2) is 42.5 Å². The number of benzene rings is 2. The van der Waals surface area contributed by atoms with Crippen LogP contribution < -0.4 is 19.1 Å². The van der Waals surface area contributed by atoms with E-state index < -0.39 is 28.5 Å². The maximum absolute atomic E-state index is 13.8. The van der Waals surface area contributed by atoms with Crippen LogP contribution >= 0.6 is 11.6 Å². The number of hydrogen-bond donors (Lipinski definition) is 1. The lowest BCUT2D eigenvalue weighted by atomic mass is 10.1. The zero-order valence-electron chi connectivity index (χ0n) is 21.6. The minimum absolute atomic E-state index is 0.0465. The van der Waals surface area contributed by atoms with Crippen LogP contribution in [-0.4, -0.2) is 63.7 Å². The number of hydrogen-bond acceptors (Lipinski definition) is 6. The Morgan fingerprint density at radius 2 is 1.76 bits per heavy atom. The third kappa shape index (κ3) is 7.52. The molecule has 0 fully saturated rings. The Kier molecular flexibility index (Phi) is 9.67. The fraction of sp³-hybridized carbons (Fsp3) is 0.462. The number of ether oxygens (including phenoxy) is 2. The first-order valence-corrected chi connectivity index (χ1v) is 14.4. The van der Waals surface area contributed by atoms with Gasteiger partial charge in [-0.15, -0.1) is 0 Å². The van der Waals surface area contributed by atoms with Gasteiger partial charge in [-0.2, -0.15) is 0 Å². The summed E-state index contributed by atoms with van der Waals surface area (Å²) in [5, 5.41) is 3.34. The Morgan fingerprint density at radius 3 is 2.38 bits per heavy atom. The van der Waals surface area contributed by atoms with Gasteiger partial charge in [-0.25, -0.2) is 8.42 Å². The molecule has 37 heavy (non-hydrogen) atoms. The van der Waals surface area contributed by atoms with Gasteiger partial charge in [-0.1, -0.05) is 50.6 Å². The number of rotatable bonds is 11. The fourth-order valence-corrected chi connectivity index (χ4v) is 4.99. The molecule has 1 N–H and O–H groups in total. The summed E-state index contributed by atoms with van der Waals surface area (Å²) in [7, 11) is -3.87. The Hall–Kier alpha value is -2.98. The number of anilines is 1. The molecule has 1 atom stereocenters. The van der Waals surface area contributed by atoms with E-state index in [1.54, 1.807) is 36.4 Å². The van der Waals surface area contributed by atoms with Crippen molar-refractivity contribution in [2.24, 2.45) is 5.92 Å². The molecular weight excluding hydrogens is 518 g/mol. The Morgan fingerprint density at radius 1 is 1.08 bits per heavy atom. The first-order valence-electron chi connectivity index (χ1n) is 12.2. The molecule has 1 aliphatic rings. The van der Waals surface area contributed by atoms with E-state index in [9.17, 15) is 18.0 Å². The summed E-state index contributed by atoms with van der Waals surface area (Å²) in [6, 6.07) is 10.9. The average Bonchev–Trinajstić information content (AvgIpc) is 2.85. The topological polar surface area (TPSA) is 105 Å². The largest absolute Gasteiger partial charge is 0.486 e. The number of halogens is 1. The van der Waals surface area contributed by atoms with Crippen LogP contribution in [0.1, 0.15) is 32.8 Å². The van der Waals surface area contributed by atoms with Crippen molar-refractivity contribution in [3.63, 3.8) is 0 Å². The minimum atomic E-state index is -3.87. The van der Waals surface area contributed by atoms with Gasteiger partial charge in [-0.3, -0.25) is 13.9 Å². The minimum Gasteiger partial charge on any atom is -0.486 e. The summed E-state index contributed by atoms with van der Waals surface area (Å²) in [6.07, 6.45) is 1.37. The van der Waals surface area contributed by atoms with Gasteiger partial charge in [0.25, 0.3) is 0 Å². The first kappa shape index (κ1) is 28.6. The molecule has 11 heteroatoms. The van der Waals surface area contributed by atoms with E-state index >= 15 is 0 Å². The molecule has 3 rings (SSSR count). The molecule has 2 aromatic carbocycles. The molecule has 1 heterocycles. The molecule has 9 nitrogen and oxygen atoms in total. The lowest BCUT2D eigenvalue weighted by Crippen LogP contribution is -2.52. The molecule has 0 saturated carbocycles. The third-order valence-electron chi connectivity index (χ3n) is 5.86. The second-order valence-electron chi connectivity index (χ2n) is 9.27. The van der Waals surface area contributed by atoms with Crippen LogP contribution in [0.4, 0.5) is 5.69 Å². The van der Waals surface area contributed by atoms with Gasteiger partial charge in [0.05, 0.1) is 11.9 Å². The van der Waals surface area contributed by atoms with Crippen molar-refractivity contribution in [2.75, 3.05) is 36.9 Å². The first-order chi connectivity index (χ1) is 17.5. The highest BCUT2D eigenvalue weighted by atomic mass is 35.5. The molecule has 1 aliphatic heterocycles. The molecule has 0 aliphatic carbocycles. The van der Waals surface area contributed by atoms with Crippen molar-refractivity contribution in [1.82, 2.24) is 10.2 Å². The summed E-state index contributed by atoms with van der Waals surface area (Å²) in [4.78, 5) is 28.3. The molecule has 2 aromatic rings. The van der Waals surface area contributed by atoms with Gasteiger partial charge in [0.2, 0.25) is 21.8 Å². The Bertz CT molecular complexity index is 1220. The smallest absolute Gasteiger partial charge is 0.244 e.